The van der Waals surface area contributed by atoms with Crippen LogP contribution in [0.4, 0.5) is 0 Å². The molecule has 1 radical (unpaired) electrons. The summed E-state index contributed by atoms with van der Waals surface area (Å²) in [5.41, 5.74) is 0. The summed E-state index contributed by atoms with van der Waals surface area (Å²) in [5.74, 6) is 0. The van der Waals surface area contributed by atoms with Crippen molar-refractivity contribution in [2.75, 3.05) is 6.61 Å². The number of hydrogen-bond donors (Lipinski definition) is 0. The van der Waals surface area contributed by atoms with Gasteiger partial charge in [0.25, 0.3) is 6.47 Å². The quantitative estimate of drug-likeness (QED) is 0.325. The van der Waals surface area contributed by atoms with E-state index in [0.29, 0.717) is 13.1 Å². The SMILES string of the molecule is CCOC=O.[Cu].[H-].[Na+]. The predicted octanol–water partition coefficient (Wildman–Crippen LogP) is -2.71. The molecule has 0 N–H and O–H groups in total. The van der Waals surface area contributed by atoms with Gasteiger partial charge in [0.15, 0.2) is 0 Å². The normalized spacial score (nSPS) is 4.71. The molecule has 0 heterocycles. The minimum atomic E-state index is 0. The van der Waals surface area contributed by atoms with Gasteiger partial charge in [-0.1, -0.05) is 0 Å². The Morgan fingerprint density at radius 2 is 2.29 bits per heavy atom. The summed E-state index contributed by atoms with van der Waals surface area (Å²) in [6.07, 6.45) is 0. The zero-order valence-electron chi connectivity index (χ0n) is 5.40. The van der Waals surface area contributed by atoms with E-state index < -0.39 is 0 Å². The molecule has 0 aliphatic heterocycles. The van der Waals surface area contributed by atoms with Crippen LogP contribution in [-0.2, 0) is 26.6 Å². The average molecular weight is 162 g/mol. The van der Waals surface area contributed by atoms with Crippen molar-refractivity contribution < 1.29 is 57.6 Å². The van der Waals surface area contributed by atoms with Gasteiger partial charge in [-0.05, 0) is 6.92 Å². The van der Waals surface area contributed by atoms with Gasteiger partial charge in [-0.15, -0.1) is 0 Å². The summed E-state index contributed by atoms with van der Waals surface area (Å²) in [5, 5.41) is 0. The molecule has 2 nitrogen and oxygen atoms in total. The number of ether oxygens (including phenoxy) is 1. The molecule has 7 heavy (non-hydrogen) atoms. The van der Waals surface area contributed by atoms with Crippen LogP contribution >= 0.6 is 0 Å². The molecule has 0 fully saturated rings. The Balaban J connectivity index is -0.0000000267. The molecular weight excluding hydrogens is 155 g/mol. The second kappa shape index (κ2) is 15.8. The first kappa shape index (κ1) is 15.7. The van der Waals surface area contributed by atoms with Crippen molar-refractivity contribution in [1.29, 1.82) is 0 Å². The van der Waals surface area contributed by atoms with Gasteiger partial charge in [0.1, 0.15) is 0 Å². The van der Waals surface area contributed by atoms with E-state index in [1.54, 1.807) is 6.92 Å². The zero-order valence-corrected chi connectivity index (χ0v) is 7.34. The van der Waals surface area contributed by atoms with Gasteiger partial charge >= 0.3 is 29.6 Å². The molecule has 0 spiro atoms. The Morgan fingerprint density at radius 1 is 1.86 bits per heavy atom. The maximum absolute atomic E-state index is 9.18. The van der Waals surface area contributed by atoms with Crippen LogP contribution in [0.15, 0.2) is 0 Å². The molecule has 43 valence electrons. The number of hydrogen-bond acceptors (Lipinski definition) is 2. The van der Waals surface area contributed by atoms with Crippen LogP contribution in [0.2, 0.25) is 0 Å². The van der Waals surface area contributed by atoms with Crippen molar-refractivity contribution in [3.05, 3.63) is 0 Å². The Bertz CT molecular complexity index is 38.5. The molecule has 0 saturated carbocycles. The second-order valence-corrected chi connectivity index (χ2v) is 0.552. The largest absolute Gasteiger partial charge is 1.00 e. The minimum Gasteiger partial charge on any atom is -1.00 e. The summed E-state index contributed by atoms with van der Waals surface area (Å²) >= 11 is 0. The molecule has 4 heteroatoms. The van der Waals surface area contributed by atoms with E-state index in [1.165, 1.54) is 0 Å². The number of carbonyl (C=O) groups excluding carboxylic acids is 1. The van der Waals surface area contributed by atoms with Gasteiger partial charge in [0.2, 0.25) is 0 Å². The van der Waals surface area contributed by atoms with Crippen molar-refractivity contribution in [1.82, 2.24) is 0 Å². The van der Waals surface area contributed by atoms with E-state index in [4.69, 9.17) is 0 Å². The summed E-state index contributed by atoms with van der Waals surface area (Å²) in [6.45, 7) is 2.66. The summed E-state index contributed by atoms with van der Waals surface area (Å²) in [7, 11) is 0. The van der Waals surface area contributed by atoms with Gasteiger partial charge in [0, 0.05) is 17.1 Å². The summed E-state index contributed by atoms with van der Waals surface area (Å²) in [4.78, 5) is 9.18. The minimum absolute atomic E-state index is 0. The van der Waals surface area contributed by atoms with Gasteiger partial charge in [0.05, 0.1) is 6.61 Å². The fourth-order valence-corrected chi connectivity index (χ4v) is 0.0680. The van der Waals surface area contributed by atoms with Crippen molar-refractivity contribution in [3.63, 3.8) is 0 Å². The topological polar surface area (TPSA) is 26.3 Å². The van der Waals surface area contributed by atoms with Crippen LogP contribution in [0.1, 0.15) is 8.35 Å². The van der Waals surface area contributed by atoms with Gasteiger partial charge < -0.3 is 6.16 Å². The molecule has 0 aliphatic rings. The van der Waals surface area contributed by atoms with Crippen molar-refractivity contribution in [3.8, 4) is 0 Å². The third kappa shape index (κ3) is 19.5. The molecule has 0 bridgehead atoms. The molecular formula is C3H7CuNaO2. The van der Waals surface area contributed by atoms with Crippen molar-refractivity contribution in [2.45, 2.75) is 6.92 Å². The number of rotatable bonds is 2. The van der Waals surface area contributed by atoms with E-state index >= 15 is 0 Å². The van der Waals surface area contributed by atoms with Crippen LogP contribution in [0.3, 0.4) is 0 Å². The average Bonchev–Trinajstić information content (AvgIpc) is 1.41. The third-order valence-electron chi connectivity index (χ3n) is 0.235. The first-order chi connectivity index (χ1) is 2.41. The van der Waals surface area contributed by atoms with Crippen LogP contribution < -0.4 is 29.6 Å². The molecule has 0 aromatic rings. The van der Waals surface area contributed by atoms with E-state index in [1.807, 2.05) is 0 Å². The monoisotopic (exact) mass is 161 g/mol. The van der Waals surface area contributed by atoms with Gasteiger partial charge in [-0.25, -0.2) is 0 Å². The zero-order chi connectivity index (χ0) is 4.12. The molecule has 0 unspecified atom stereocenters. The van der Waals surface area contributed by atoms with Crippen LogP contribution in [0.25, 0.3) is 0 Å². The van der Waals surface area contributed by atoms with Gasteiger partial charge in [-0.3, -0.25) is 4.79 Å². The molecule has 0 aliphatic carbocycles. The third-order valence-corrected chi connectivity index (χ3v) is 0.235. The maximum Gasteiger partial charge on any atom is 1.00 e. The van der Waals surface area contributed by atoms with Crippen LogP contribution in [0.5, 0.6) is 0 Å². The predicted molar refractivity (Wildman–Crippen MR) is 18.8 cm³/mol. The van der Waals surface area contributed by atoms with Crippen LogP contribution in [-0.4, -0.2) is 13.1 Å². The molecule has 0 aromatic carbocycles. The van der Waals surface area contributed by atoms with Crippen LogP contribution in [0, 0.1) is 0 Å². The Kier molecular flexibility index (Phi) is 35.3. The van der Waals surface area contributed by atoms with E-state index in [0.717, 1.165) is 0 Å². The Morgan fingerprint density at radius 3 is 2.29 bits per heavy atom. The fraction of sp³-hybridized carbons (Fsp3) is 0.667. The van der Waals surface area contributed by atoms with E-state index in [9.17, 15) is 4.79 Å². The van der Waals surface area contributed by atoms with E-state index in [-0.39, 0.29) is 48.1 Å². The molecule has 0 rings (SSSR count). The Labute approximate surface area is 77.2 Å². The second-order valence-electron chi connectivity index (χ2n) is 0.552. The standard InChI is InChI=1S/C3H6O2.Cu.Na.H/c1-2-5-3-4;;;/h3H,2H2,1H3;;;/q;;+1;-1. The molecule has 0 saturated heterocycles. The smallest absolute Gasteiger partial charge is 1.00 e. The molecule has 0 amide bonds. The van der Waals surface area contributed by atoms with Crippen molar-refractivity contribution >= 4 is 6.47 Å². The van der Waals surface area contributed by atoms with Crippen molar-refractivity contribution in [2.24, 2.45) is 0 Å². The fourth-order valence-electron chi connectivity index (χ4n) is 0.0680. The Hall–Kier alpha value is 0.989. The first-order valence-corrected chi connectivity index (χ1v) is 1.47. The molecule has 0 atom stereocenters. The number of carbonyl (C=O) groups is 1. The first-order valence-electron chi connectivity index (χ1n) is 1.47. The molecule has 0 aromatic heterocycles. The summed E-state index contributed by atoms with van der Waals surface area (Å²) < 4.78 is 4.15. The maximum atomic E-state index is 9.18. The summed E-state index contributed by atoms with van der Waals surface area (Å²) in [6, 6.07) is 0. The van der Waals surface area contributed by atoms with E-state index in [2.05, 4.69) is 4.74 Å². The van der Waals surface area contributed by atoms with Gasteiger partial charge in [-0.2, -0.15) is 0 Å².